The minimum atomic E-state index is -0.361. The Morgan fingerprint density at radius 3 is 2.73 bits per heavy atom. The summed E-state index contributed by atoms with van der Waals surface area (Å²) in [6.45, 7) is 1.24. The lowest BCUT2D eigenvalue weighted by molar-refractivity contribution is 0.0638. The lowest BCUT2D eigenvalue weighted by Gasteiger charge is -2.12. The van der Waals surface area contributed by atoms with E-state index in [1.54, 1.807) is 19.2 Å². The quantitative estimate of drug-likeness (QED) is 0.445. The third-order valence-corrected chi connectivity index (χ3v) is 5.28. The molecule has 0 saturated carbocycles. The van der Waals surface area contributed by atoms with E-state index >= 15 is 0 Å². The van der Waals surface area contributed by atoms with E-state index in [0.29, 0.717) is 43.7 Å². The van der Waals surface area contributed by atoms with Gasteiger partial charge in [0.15, 0.2) is 0 Å². The number of benzene rings is 2. The summed E-state index contributed by atoms with van der Waals surface area (Å²) in [5.41, 5.74) is 3.20. The number of nitrogens with zero attached hydrogens (tertiary/aromatic N) is 1. The Balaban J connectivity index is 1.38. The highest BCUT2D eigenvalue weighted by molar-refractivity contribution is 6.22. The number of hydrogen-bond donors (Lipinski definition) is 2. The van der Waals surface area contributed by atoms with Crippen LogP contribution < -0.4 is 5.32 Å². The number of nitrogens with one attached hydrogen (secondary N) is 2. The smallest absolute Gasteiger partial charge is 0.261 e. The Kier molecular flexibility index (Phi) is 5.63. The largest absolute Gasteiger partial charge is 0.385 e. The van der Waals surface area contributed by atoms with Gasteiger partial charge in [-0.25, -0.2) is 0 Å². The van der Waals surface area contributed by atoms with Crippen LogP contribution in [0.25, 0.3) is 10.9 Å². The molecule has 4 rings (SSSR count). The van der Waals surface area contributed by atoms with Crippen molar-refractivity contribution in [3.05, 3.63) is 70.9 Å². The topological polar surface area (TPSA) is 91.5 Å². The van der Waals surface area contributed by atoms with Crippen molar-refractivity contribution in [1.29, 1.82) is 0 Å². The van der Waals surface area contributed by atoms with Crippen LogP contribution >= 0.6 is 0 Å². The number of methoxy groups -OCH3 is 1. The van der Waals surface area contributed by atoms with Gasteiger partial charge in [-0.2, -0.15) is 0 Å². The van der Waals surface area contributed by atoms with Crippen molar-refractivity contribution in [2.75, 3.05) is 26.8 Å². The van der Waals surface area contributed by atoms with Crippen LogP contribution in [0.4, 0.5) is 0 Å². The molecule has 2 N–H and O–H groups in total. The maximum atomic E-state index is 12.6. The summed E-state index contributed by atoms with van der Waals surface area (Å²) in [4.78, 5) is 41.9. The number of H-pyrrole nitrogens is 1. The first-order chi connectivity index (χ1) is 14.6. The Hall–Kier alpha value is -3.45. The van der Waals surface area contributed by atoms with Gasteiger partial charge < -0.3 is 15.0 Å². The molecule has 3 aromatic rings. The molecule has 2 heterocycles. The molecule has 1 aliphatic rings. The Labute approximate surface area is 174 Å². The van der Waals surface area contributed by atoms with Crippen molar-refractivity contribution in [2.45, 2.75) is 12.8 Å². The summed E-state index contributed by atoms with van der Waals surface area (Å²) in [6, 6.07) is 12.8. The molecule has 0 unspecified atom stereocenters. The fraction of sp³-hybridized carbons (Fsp3) is 0.261. The predicted octanol–water partition coefficient (Wildman–Crippen LogP) is 2.77. The fourth-order valence-corrected chi connectivity index (χ4v) is 3.68. The van der Waals surface area contributed by atoms with Gasteiger partial charge in [0.2, 0.25) is 0 Å². The monoisotopic (exact) mass is 405 g/mol. The van der Waals surface area contributed by atoms with Crippen molar-refractivity contribution in [3.8, 4) is 0 Å². The number of imide groups is 1. The molecule has 0 atom stereocenters. The van der Waals surface area contributed by atoms with E-state index < -0.39 is 0 Å². The molecule has 0 aliphatic carbocycles. The number of hydrogen-bond acceptors (Lipinski definition) is 4. The maximum Gasteiger partial charge on any atom is 0.261 e. The van der Waals surface area contributed by atoms with Crippen LogP contribution in [-0.4, -0.2) is 54.4 Å². The van der Waals surface area contributed by atoms with E-state index in [0.717, 1.165) is 16.5 Å². The third-order valence-electron chi connectivity index (χ3n) is 5.28. The normalized spacial score (nSPS) is 13.2. The van der Waals surface area contributed by atoms with Crippen LogP contribution in [0.2, 0.25) is 0 Å². The number of rotatable bonds is 8. The molecule has 3 amide bonds. The zero-order valence-electron chi connectivity index (χ0n) is 16.7. The fourth-order valence-electron chi connectivity index (χ4n) is 3.68. The van der Waals surface area contributed by atoms with Crippen molar-refractivity contribution in [3.63, 3.8) is 0 Å². The molecule has 7 nitrogen and oxygen atoms in total. The van der Waals surface area contributed by atoms with E-state index in [4.69, 9.17) is 4.74 Å². The van der Waals surface area contributed by atoms with Crippen molar-refractivity contribution in [2.24, 2.45) is 0 Å². The molecule has 154 valence electrons. The highest BCUT2D eigenvalue weighted by Gasteiger charge is 2.35. The molecule has 1 aromatic heterocycles. The van der Waals surface area contributed by atoms with Crippen LogP contribution in [0.3, 0.4) is 0 Å². The zero-order valence-corrected chi connectivity index (χ0v) is 16.7. The third kappa shape index (κ3) is 3.84. The Bertz CT molecular complexity index is 1120. The van der Waals surface area contributed by atoms with Crippen molar-refractivity contribution in [1.82, 2.24) is 15.2 Å². The number of aromatic nitrogens is 1. The molecule has 7 heteroatoms. The van der Waals surface area contributed by atoms with Gasteiger partial charge in [0.25, 0.3) is 17.7 Å². The van der Waals surface area contributed by atoms with Gasteiger partial charge in [0.05, 0.1) is 11.1 Å². The number of amides is 3. The second kappa shape index (κ2) is 8.51. The standard InChI is InChI=1S/C23H23N3O4/c1-30-12-2-11-26-22(28)18-5-4-17(14-19(18)23(26)29)21(27)25-9-7-15-3-6-20-16(13-15)8-10-24-20/h3-6,8,10,13-14,24H,2,7,9,11-12H2,1H3,(H,25,27). The number of carbonyl (C=O) groups excluding carboxylic acids is 3. The van der Waals surface area contributed by atoms with Gasteiger partial charge in [-0.1, -0.05) is 6.07 Å². The minimum Gasteiger partial charge on any atom is -0.385 e. The summed E-state index contributed by atoms with van der Waals surface area (Å²) in [5.74, 6) is -0.947. The summed E-state index contributed by atoms with van der Waals surface area (Å²) >= 11 is 0. The molecule has 0 spiro atoms. The maximum absolute atomic E-state index is 12.6. The van der Waals surface area contributed by atoms with Crippen LogP contribution in [-0.2, 0) is 11.2 Å². The van der Waals surface area contributed by atoms with E-state index in [-0.39, 0.29) is 23.3 Å². The highest BCUT2D eigenvalue weighted by Crippen LogP contribution is 2.24. The lowest BCUT2D eigenvalue weighted by atomic mass is 10.1. The summed E-state index contributed by atoms with van der Waals surface area (Å²) in [7, 11) is 1.58. The van der Waals surface area contributed by atoms with E-state index in [1.807, 2.05) is 24.4 Å². The van der Waals surface area contributed by atoms with E-state index in [2.05, 4.69) is 16.4 Å². The Morgan fingerprint density at radius 2 is 1.90 bits per heavy atom. The van der Waals surface area contributed by atoms with Crippen LogP contribution in [0.1, 0.15) is 43.1 Å². The lowest BCUT2D eigenvalue weighted by Crippen LogP contribution is -2.31. The number of fused-ring (bicyclic) bond motifs is 2. The van der Waals surface area contributed by atoms with Gasteiger partial charge in [-0.15, -0.1) is 0 Å². The van der Waals surface area contributed by atoms with Crippen LogP contribution in [0.5, 0.6) is 0 Å². The van der Waals surface area contributed by atoms with Gasteiger partial charge in [-0.3, -0.25) is 19.3 Å². The molecule has 0 radical (unpaired) electrons. The number of carbonyl (C=O) groups is 3. The molecule has 0 bridgehead atoms. The Morgan fingerprint density at radius 1 is 1.07 bits per heavy atom. The number of aromatic amines is 1. The van der Waals surface area contributed by atoms with E-state index in [9.17, 15) is 14.4 Å². The zero-order chi connectivity index (χ0) is 21.1. The number of ether oxygens (including phenoxy) is 1. The first-order valence-corrected chi connectivity index (χ1v) is 9.92. The van der Waals surface area contributed by atoms with Gasteiger partial charge in [0.1, 0.15) is 0 Å². The van der Waals surface area contributed by atoms with Crippen LogP contribution in [0.15, 0.2) is 48.7 Å². The second-order valence-electron chi connectivity index (χ2n) is 7.27. The van der Waals surface area contributed by atoms with E-state index in [1.165, 1.54) is 11.0 Å². The minimum absolute atomic E-state index is 0.265. The molecule has 2 aromatic carbocycles. The molecular weight excluding hydrogens is 382 g/mol. The molecule has 30 heavy (non-hydrogen) atoms. The predicted molar refractivity (Wildman–Crippen MR) is 113 cm³/mol. The van der Waals surface area contributed by atoms with Gasteiger partial charge >= 0.3 is 0 Å². The first-order valence-electron chi connectivity index (χ1n) is 9.92. The SMILES string of the molecule is COCCCN1C(=O)c2ccc(C(=O)NCCc3ccc4[nH]ccc4c3)cc2C1=O. The second-order valence-corrected chi connectivity index (χ2v) is 7.27. The molecule has 0 saturated heterocycles. The van der Waals surface area contributed by atoms with Crippen molar-refractivity contribution < 1.29 is 19.1 Å². The molecule has 0 fully saturated rings. The average molecular weight is 405 g/mol. The van der Waals surface area contributed by atoms with Crippen LogP contribution in [0, 0.1) is 0 Å². The molecule has 1 aliphatic heterocycles. The highest BCUT2D eigenvalue weighted by atomic mass is 16.5. The summed E-state index contributed by atoms with van der Waals surface area (Å²) < 4.78 is 4.98. The average Bonchev–Trinajstić information content (AvgIpc) is 3.31. The van der Waals surface area contributed by atoms with Crippen molar-refractivity contribution >= 4 is 28.6 Å². The molecular formula is C23H23N3O4. The first kappa shape index (κ1) is 19.8. The summed E-state index contributed by atoms with van der Waals surface area (Å²) in [5, 5.41) is 4.02. The summed E-state index contributed by atoms with van der Waals surface area (Å²) in [6.07, 6.45) is 3.17. The van der Waals surface area contributed by atoms with Gasteiger partial charge in [-0.05, 0) is 60.2 Å². The van der Waals surface area contributed by atoms with Gasteiger partial charge in [0, 0.05) is 44.1 Å².